The van der Waals surface area contributed by atoms with Crippen LogP contribution in [-0.4, -0.2) is 68.6 Å². The van der Waals surface area contributed by atoms with Gasteiger partial charge in [0, 0.05) is 24.0 Å². The number of hydrogen-bond acceptors (Lipinski definition) is 5. The van der Waals surface area contributed by atoms with Gasteiger partial charge in [0.1, 0.15) is 6.04 Å². The molecule has 3 aliphatic heterocycles. The standard InChI is InChI=1S/C26H28N2O5S/c1-3-10-27(18-9-8-16-6-4-5-7-17(16)14-18)24(31)22-26-15(2)13-19(34-26)20(25(32)33)21(26)23(30)28(22)11-12-29/h3-9,14-15,19-22,29H,1,10-13H2,2H3,(H,32,33)/t15?,19-,20+,21-,22?,26?/m0/s1. The second-order valence-electron chi connectivity index (χ2n) is 9.42. The first-order chi connectivity index (χ1) is 16.3. The predicted octanol–water partition coefficient (Wildman–Crippen LogP) is 2.77. The fourth-order valence-electron chi connectivity index (χ4n) is 6.37. The Bertz CT molecular complexity index is 1180. The Hall–Kier alpha value is -2.84. The summed E-state index contributed by atoms with van der Waals surface area (Å²) in [7, 11) is 0. The zero-order valence-corrected chi connectivity index (χ0v) is 19.8. The molecule has 6 atom stereocenters. The summed E-state index contributed by atoms with van der Waals surface area (Å²) < 4.78 is -0.826. The van der Waals surface area contributed by atoms with Gasteiger partial charge in [-0.2, -0.15) is 0 Å². The van der Waals surface area contributed by atoms with Gasteiger partial charge in [0.05, 0.1) is 23.2 Å². The number of aliphatic hydroxyl groups is 1. The Balaban J connectivity index is 1.61. The average molecular weight is 481 g/mol. The van der Waals surface area contributed by atoms with Crippen LogP contribution in [0.3, 0.4) is 0 Å². The molecule has 0 radical (unpaired) electrons. The second kappa shape index (κ2) is 8.43. The molecule has 7 nitrogen and oxygen atoms in total. The summed E-state index contributed by atoms with van der Waals surface area (Å²) in [6, 6.07) is 12.8. The number of carboxylic acid groups (broad SMARTS) is 1. The van der Waals surface area contributed by atoms with E-state index in [4.69, 9.17) is 0 Å². The lowest BCUT2D eigenvalue weighted by molar-refractivity contribution is -0.149. The van der Waals surface area contributed by atoms with Crippen LogP contribution in [0, 0.1) is 17.8 Å². The normalized spacial score (nSPS) is 31.6. The van der Waals surface area contributed by atoms with Gasteiger partial charge in [-0.05, 0) is 35.2 Å². The summed E-state index contributed by atoms with van der Waals surface area (Å²) in [5.41, 5.74) is 0.694. The van der Waals surface area contributed by atoms with Crippen molar-refractivity contribution in [3.63, 3.8) is 0 Å². The van der Waals surface area contributed by atoms with E-state index in [0.29, 0.717) is 12.1 Å². The molecule has 5 rings (SSSR count). The Labute approximate surface area is 202 Å². The third kappa shape index (κ3) is 3.11. The van der Waals surface area contributed by atoms with Gasteiger partial charge in [-0.15, -0.1) is 18.3 Å². The fraction of sp³-hybridized carbons (Fsp3) is 0.423. The van der Waals surface area contributed by atoms with Crippen molar-refractivity contribution in [1.29, 1.82) is 0 Å². The number of aliphatic hydroxyl groups excluding tert-OH is 1. The minimum atomic E-state index is -0.987. The number of fused-ring (bicyclic) bond motifs is 2. The first-order valence-corrected chi connectivity index (χ1v) is 12.5. The number of carbonyl (C=O) groups excluding carboxylic acids is 2. The Kier molecular flexibility index (Phi) is 5.68. The topological polar surface area (TPSA) is 98.2 Å². The van der Waals surface area contributed by atoms with Crippen LogP contribution in [0.25, 0.3) is 10.8 Å². The van der Waals surface area contributed by atoms with Crippen molar-refractivity contribution in [1.82, 2.24) is 4.90 Å². The van der Waals surface area contributed by atoms with E-state index in [1.54, 1.807) is 11.0 Å². The van der Waals surface area contributed by atoms with E-state index in [9.17, 15) is 24.6 Å². The SMILES string of the molecule is C=CCN(C(=O)C1N(CCO)C(=O)[C@@H]2[C@H](C(=O)O)[C@@H]3CC(C)C12S3)c1ccc2ccccc2c1. The summed E-state index contributed by atoms with van der Waals surface area (Å²) in [6.07, 6.45) is 2.30. The molecule has 3 fully saturated rings. The van der Waals surface area contributed by atoms with Gasteiger partial charge < -0.3 is 20.0 Å². The summed E-state index contributed by atoms with van der Waals surface area (Å²) >= 11 is 1.50. The van der Waals surface area contributed by atoms with Gasteiger partial charge in [0.25, 0.3) is 5.91 Å². The van der Waals surface area contributed by atoms with Gasteiger partial charge in [-0.3, -0.25) is 14.4 Å². The number of amides is 2. The van der Waals surface area contributed by atoms with E-state index in [1.165, 1.54) is 16.7 Å². The number of likely N-dealkylation sites (tertiary alicyclic amines) is 1. The molecule has 2 aromatic rings. The number of aliphatic carboxylic acids is 1. The molecule has 2 N–H and O–H groups in total. The molecule has 3 heterocycles. The number of nitrogens with zero attached hydrogens (tertiary/aromatic N) is 2. The van der Waals surface area contributed by atoms with Gasteiger partial charge in [0.15, 0.2) is 0 Å². The Morgan fingerprint density at radius 2 is 2.00 bits per heavy atom. The lowest BCUT2D eigenvalue weighted by Gasteiger charge is -2.40. The molecule has 0 saturated carbocycles. The molecule has 1 spiro atoms. The van der Waals surface area contributed by atoms with Crippen LogP contribution < -0.4 is 4.90 Å². The van der Waals surface area contributed by atoms with E-state index in [-0.39, 0.29) is 42.7 Å². The van der Waals surface area contributed by atoms with Crippen molar-refractivity contribution in [2.24, 2.45) is 17.8 Å². The molecular formula is C26H28N2O5S. The molecule has 0 aliphatic carbocycles. The van der Waals surface area contributed by atoms with E-state index >= 15 is 0 Å². The summed E-state index contributed by atoms with van der Waals surface area (Å²) in [4.78, 5) is 43.1. The van der Waals surface area contributed by atoms with Crippen LogP contribution >= 0.6 is 11.8 Å². The van der Waals surface area contributed by atoms with Crippen molar-refractivity contribution >= 4 is 46.0 Å². The molecule has 178 valence electrons. The van der Waals surface area contributed by atoms with E-state index in [1.807, 2.05) is 49.4 Å². The quantitative estimate of drug-likeness (QED) is 0.592. The summed E-state index contributed by atoms with van der Waals surface area (Å²) in [5.74, 6) is -3.18. The van der Waals surface area contributed by atoms with Crippen LogP contribution in [0.5, 0.6) is 0 Å². The first-order valence-electron chi connectivity index (χ1n) is 11.6. The number of thioether (sulfide) groups is 1. The average Bonchev–Trinajstić information content (AvgIpc) is 3.41. The van der Waals surface area contributed by atoms with Crippen LogP contribution in [0.4, 0.5) is 5.69 Å². The highest BCUT2D eigenvalue weighted by Crippen LogP contribution is 2.68. The number of β-amino-alcohol motifs (C(OH)–C–C–N with tert-alkyl or cyclic N) is 1. The predicted molar refractivity (Wildman–Crippen MR) is 132 cm³/mol. The lowest BCUT2D eigenvalue weighted by Crippen LogP contribution is -2.57. The fourth-order valence-corrected chi connectivity index (χ4v) is 8.78. The number of hydrogen-bond donors (Lipinski definition) is 2. The molecule has 8 heteroatoms. The zero-order valence-electron chi connectivity index (χ0n) is 19.0. The van der Waals surface area contributed by atoms with Crippen LogP contribution in [0.1, 0.15) is 13.3 Å². The maximum Gasteiger partial charge on any atom is 0.308 e. The molecule has 2 bridgehead atoms. The molecule has 2 amide bonds. The number of rotatable bonds is 7. The van der Waals surface area contributed by atoms with Gasteiger partial charge in [0.2, 0.25) is 5.91 Å². The van der Waals surface area contributed by atoms with Gasteiger partial charge >= 0.3 is 5.97 Å². The summed E-state index contributed by atoms with van der Waals surface area (Å²) in [5, 5.41) is 21.5. The molecule has 2 aromatic carbocycles. The Morgan fingerprint density at radius 3 is 2.68 bits per heavy atom. The highest BCUT2D eigenvalue weighted by Gasteiger charge is 2.76. The van der Waals surface area contributed by atoms with Crippen LogP contribution in [0.15, 0.2) is 55.1 Å². The molecule has 0 aromatic heterocycles. The smallest absolute Gasteiger partial charge is 0.308 e. The van der Waals surface area contributed by atoms with E-state index < -0.39 is 28.6 Å². The maximum atomic E-state index is 14.3. The van der Waals surface area contributed by atoms with Crippen LogP contribution in [0.2, 0.25) is 0 Å². The molecular weight excluding hydrogens is 452 g/mol. The first kappa shape index (κ1) is 22.9. The highest BCUT2D eigenvalue weighted by molar-refractivity contribution is 8.02. The minimum absolute atomic E-state index is 0.00255. The molecule has 3 unspecified atom stereocenters. The molecule has 3 aliphatic rings. The number of carbonyl (C=O) groups is 3. The van der Waals surface area contributed by atoms with Gasteiger partial charge in [-0.1, -0.05) is 43.3 Å². The van der Waals surface area contributed by atoms with Gasteiger partial charge in [-0.25, -0.2) is 0 Å². The summed E-state index contributed by atoms with van der Waals surface area (Å²) in [6.45, 7) is 5.80. The van der Waals surface area contributed by atoms with Crippen molar-refractivity contribution in [2.75, 3.05) is 24.6 Å². The molecule has 34 heavy (non-hydrogen) atoms. The van der Waals surface area contributed by atoms with Crippen molar-refractivity contribution in [3.8, 4) is 0 Å². The zero-order chi connectivity index (χ0) is 24.2. The number of anilines is 1. The second-order valence-corrected chi connectivity index (χ2v) is 11.0. The number of carboxylic acids is 1. The van der Waals surface area contributed by atoms with Crippen LogP contribution in [-0.2, 0) is 14.4 Å². The Morgan fingerprint density at radius 1 is 1.26 bits per heavy atom. The van der Waals surface area contributed by atoms with Crippen molar-refractivity contribution in [3.05, 3.63) is 55.1 Å². The van der Waals surface area contributed by atoms with Crippen molar-refractivity contribution in [2.45, 2.75) is 29.4 Å². The molecule has 3 saturated heterocycles. The maximum absolute atomic E-state index is 14.3. The number of benzene rings is 2. The van der Waals surface area contributed by atoms with E-state index in [0.717, 1.165) is 10.8 Å². The van der Waals surface area contributed by atoms with E-state index in [2.05, 4.69) is 6.58 Å². The largest absolute Gasteiger partial charge is 0.481 e. The third-order valence-electron chi connectivity index (χ3n) is 7.73. The third-order valence-corrected chi connectivity index (χ3v) is 9.80. The monoisotopic (exact) mass is 480 g/mol. The minimum Gasteiger partial charge on any atom is -0.481 e. The lowest BCUT2D eigenvalue weighted by atomic mass is 9.66. The highest BCUT2D eigenvalue weighted by atomic mass is 32.2. The van der Waals surface area contributed by atoms with Crippen molar-refractivity contribution < 1.29 is 24.6 Å².